The first kappa shape index (κ1) is 18.7. The summed E-state index contributed by atoms with van der Waals surface area (Å²) in [6.45, 7) is 0. The van der Waals surface area contributed by atoms with E-state index in [1.807, 2.05) is 36.4 Å². The van der Waals surface area contributed by atoms with Gasteiger partial charge in [-0.15, -0.1) is 0 Å². The second kappa shape index (κ2) is 7.80. The average Bonchev–Trinajstić information content (AvgIpc) is 3.53. The fraction of sp³-hybridized carbons (Fsp3) is 0.167. The van der Waals surface area contributed by atoms with Crippen molar-refractivity contribution in [3.63, 3.8) is 0 Å². The molecule has 1 atom stereocenters. The van der Waals surface area contributed by atoms with Gasteiger partial charge in [-0.2, -0.15) is 5.10 Å². The van der Waals surface area contributed by atoms with Gasteiger partial charge in [0, 0.05) is 11.0 Å². The molecule has 29 heavy (non-hydrogen) atoms. The van der Waals surface area contributed by atoms with Crippen LogP contribution in [0.2, 0.25) is 0 Å². The maximum absolute atomic E-state index is 12.9. The van der Waals surface area contributed by atoms with Gasteiger partial charge in [0.05, 0.1) is 19.2 Å². The van der Waals surface area contributed by atoms with Crippen LogP contribution < -0.4 is 10.2 Å². The van der Waals surface area contributed by atoms with Crippen LogP contribution in [0.25, 0.3) is 0 Å². The zero-order valence-electron chi connectivity index (χ0n) is 16.1. The third-order valence-electron chi connectivity index (χ3n) is 5.47. The number of ether oxygens (including phenoxy) is 1. The van der Waals surface area contributed by atoms with Crippen molar-refractivity contribution in [2.45, 2.75) is 11.8 Å². The molecule has 1 saturated carbocycles. The van der Waals surface area contributed by atoms with Gasteiger partial charge < -0.3 is 9.84 Å². The Morgan fingerprint density at radius 1 is 1.07 bits per heavy atom. The molecule has 1 unspecified atom stereocenters. The minimum atomic E-state index is -0.333. The lowest BCUT2D eigenvalue weighted by Crippen LogP contribution is -2.25. The number of hydrogen-bond donors (Lipinski definition) is 2. The standard InChI is InChI=1S/C24H22N2O3/c1-29-20-12-13-22(27)17(14-20)16-25-26-23(28)21-15-24(21,18-8-4-2-5-9-18)19-10-6-3-7-11-19/h2-14,16,21,27H,15H2,1H3,(H,26,28)/b25-16+. The summed E-state index contributed by atoms with van der Waals surface area (Å²) < 4.78 is 5.15. The number of aromatic hydroxyl groups is 1. The van der Waals surface area contributed by atoms with E-state index in [1.54, 1.807) is 19.2 Å². The highest BCUT2D eigenvalue weighted by molar-refractivity contribution is 5.88. The Morgan fingerprint density at radius 2 is 1.69 bits per heavy atom. The molecule has 1 amide bonds. The third kappa shape index (κ3) is 3.59. The number of phenols is 1. The molecule has 0 spiro atoms. The van der Waals surface area contributed by atoms with Gasteiger partial charge in [0.1, 0.15) is 11.5 Å². The van der Waals surface area contributed by atoms with Crippen molar-refractivity contribution in [2.24, 2.45) is 11.0 Å². The number of nitrogens with zero attached hydrogens (tertiary/aromatic N) is 1. The number of hydrazone groups is 1. The molecule has 146 valence electrons. The molecule has 1 aliphatic rings. The number of benzene rings is 3. The van der Waals surface area contributed by atoms with Gasteiger partial charge in [-0.25, -0.2) is 5.43 Å². The van der Waals surface area contributed by atoms with Crippen LogP contribution in [0.1, 0.15) is 23.1 Å². The molecule has 3 aromatic rings. The van der Waals surface area contributed by atoms with E-state index < -0.39 is 0 Å². The highest BCUT2D eigenvalue weighted by Crippen LogP contribution is 2.58. The van der Waals surface area contributed by atoms with Crippen LogP contribution in [0.3, 0.4) is 0 Å². The Balaban J connectivity index is 1.54. The van der Waals surface area contributed by atoms with Crippen LogP contribution in [0, 0.1) is 5.92 Å². The normalized spacial score (nSPS) is 17.1. The summed E-state index contributed by atoms with van der Waals surface area (Å²) >= 11 is 0. The Bertz CT molecular complexity index is 993. The summed E-state index contributed by atoms with van der Waals surface area (Å²) in [4.78, 5) is 12.9. The zero-order chi connectivity index (χ0) is 20.3. The highest BCUT2D eigenvalue weighted by atomic mass is 16.5. The first-order valence-electron chi connectivity index (χ1n) is 9.46. The molecule has 5 heteroatoms. The number of carbonyl (C=O) groups is 1. The van der Waals surface area contributed by atoms with E-state index in [4.69, 9.17) is 4.74 Å². The largest absolute Gasteiger partial charge is 0.507 e. The monoisotopic (exact) mass is 386 g/mol. The SMILES string of the molecule is COc1ccc(O)c(/C=N/NC(=O)C2CC2(c2ccccc2)c2ccccc2)c1. The van der Waals surface area contributed by atoms with Crippen molar-refractivity contribution in [1.29, 1.82) is 0 Å². The van der Waals surface area contributed by atoms with Crippen molar-refractivity contribution in [1.82, 2.24) is 5.43 Å². The van der Waals surface area contributed by atoms with Gasteiger partial charge in [0.2, 0.25) is 5.91 Å². The van der Waals surface area contributed by atoms with Crippen LogP contribution in [-0.4, -0.2) is 24.3 Å². The van der Waals surface area contributed by atoms with Crippen LogP contribution >= 0.6 is 0 Å². The van der Waals surface area contributed by atoms with Crippen LogP contribution in [0.5, 0.6) is 11.5 Å². The quantitative estimate of drug-likeness (QED) is 0.499. The van der Waals surface area contributed by atoms with Gasteiger partial charge in [-0.3, -0.25) is 4.79 Å². The first-order valence-corrected chi connectivity index (χ1v) is 9.46. The molecule has 0 radical (unpaired) electrons. The molecule has 0 bridgehead atoms. The molecule has 0 aromatic heterocycles. The van der Waals surface area contributed by atoms with E-state index in [1.165, 1.54) is 12.3 Å². The molecule has 0 saturated heterocycles. The van der Waals surface area contributed by atoms with Gasteiger partial charge in [-0.1, -0.05) is 60.7 Å². The van der Waals surface area contributed by atoms with E-state index >= 15 is 0 Å². The molecule has 1 aliphatic carbocycles. The smallest absolute Gasteiger partial charge is 0.244 e. The fourth-order valence-electron chi connectivity index (χ4n) is 3.86. The molecule has 0 aliphatic heterocycles. The summed E-state index contributed by atoms with van der Waals surface area (Å²) in [7, 11) is 1.55. The Kier molecular flexibility index (Phi) is 5.04. The number of hydrogen-bond acceptors (Lipinski definition) is 4. The second-order valence-electron chi connectivity index (χ2n) is 7.12. The molecule has 3 aromatic carbocycles. The molecule has 4 rings (SSSR count). The summed E-state index contributed by atoms with van der Waals surface area (Å²) in [5, 5.41) is 14.0. The molecule has 0 heterocycles. The summed E-state index contributed by atoms with van der Waals surface area (Å²) in [5.74, 6) is 0.322. The van der Waals surface area contributed by atoms with Crippen molar-refractivity contribution in [3.05, 3.63) is 95.6 Å². The lowest BCUT2D eigenvalue weighted by atomic mass is 9.85. The molecular weight excluding hydrogens is 364 g/mol. The van der Waals surface area contributed by atoms with E-state index in [0.29, 0.717) is 11.3 Å². The molecule has 2 N–H and O–H groups in total. The lowest BCUT2D eigenvalue weighted by molar-refractivity contribution is -0.122. The van der Waals surface area contributed by atoms with E-state index in [0.717, 1.165) is 17.5 Å². The Hall–Kier alpha value is -3.60. The number of amides is 1. The van der Waals surface area contributed by atoms with Crippen LogP contribution in [0.15, 0.2) is 84.0 Å². The Labute approximate surface area is 169 Å². The summed E-state index contributed by atoms with van der Waals surface area (Å²) in [6, 6.07) is 25.0. The second-order valence-corrected chi connectivity index (χ2v) is 7.12. The highest BCUT2D eigenvalue weighted by Gasteiger charge is 2.60. The molecule has 1 fully saturated rings. The average molecular weight is 386 g/mol. The topological polar surface area (TPSA) is 70.9 Å². The summed E-state index contributed by atoms with van der Waals surface area (Å²) in [6.07, 6.45) is 2.15. The Morgan fingerprint density at radius 3 is 2.28 bits per heavy atom. The van der Waals surface area contributed by atoms with Crippen molar-refractivity contribution < 1.29 is 14.6 Å². The van der Waals surface area contributed by atoms with Gasteiger partial charge in [0.15, 0.2) is 0 Å². The van der Waals surface area contributed by atoms with E-state index in [2.05, 4.69) is 34.8 Å². The van der Waals surface area contributed by atoms with Crippen LogP contribution in [-0.2, 0) is 10.2 Å². The molecular formula is C24H22N2O3. The number of nitrogens with one attached hydrogen (secondary N) is 1. The molecule has 5 nitrogen and oxygen atoms in total. The number of carbonyl (C=O) groups excluding carboxylic acids is 1. The lowest BCUT2D eigenvalue weighted by Gasteiger charge is -2.18. The number of methoxy groups -OCH3 is 1. The number of rotatable bonds is 6. The fourth-order valence-corrected chi connectivity index (χ4v) is 3.86. The maximum atomic E-state index is 12.9. The van der Waals surface area contributed by atoms with Gasteiger partial charge >= 0.3 is 0 Å². The van der Waals surface area contributed by atoms with Crippen molar-refractivity contribution >= 4 is 12.1 Å². The van der Waals surface area contributed by atoms with E-state index in [9.17, 15) is 9.90 Å². The van der Waals surface area contributed by atoms with Crippen molar-refractivity contribution in [2.75, 3.05) is 7.11 Å². The predicted octanol–water partition coefficient (Wildman–Crippen LogP) is 3.86. The summed E-state index contributed by atoms with van der Waals surface area (Å²) in [5.41, 5.74) is 5.02. The maximum Gasteiger partial charge on any atom is 0.244 e. The number of phenolic OH excluding ortho intramolecular Hbond substituents is 1. The van der Waals surface area contributed by atoms with Gasteiger partial charge in [-0.05, 0) is 35.7 Å². The minimum absolute atomic E-state index is 0.0677. The van der Waals surface area contributed by atoms with Gasteiger partial charge in [0.25, 0.3) is 0 Å². The van der Waals surface area contributed by atoms with E-state index in [-0.39, 0.29) is 23.0 Å². The first-order chi connectivity index (χ1) is 14.1. The zero-order valence-corrected chi connectivity index (χ0v) is 16.1. The predicted molar refractivity (Wildman–Crippen MR) is 112 cm³/mol. The third-order valence-corrected chi connectivity index (χ3v) is 5.47. The minimum Gasteiger partial charge on any atom is -0.507 e. The van der Waals surface area contributed by atoms with Crippen LogP contribution in [0.4, 0.5) is 0 Å². The van der Waals surface area contributed by atoms with Crippen molar-refractivity contribution in [3.8, 4) is 11.5 Å².